The summed E-state index contributed by atoms with van der Waals surface area (Å²) in [6, 6.07) is 40.8. The standard InChI is InChI=1S/C56H21B16NO/c57-38-33(39(58)46(65)50(69)45(38)64)26-11-5-9-24(20-26)30-18-17-29(35-31-13-3-4-14-32(31)74-56(30)35)25-10-6-12-28(21-25)73(54-37-36(43(62)49(68)53(54)72)42(61)47(66)48(67)44(37)63)55-51(70)40(59)34(41(60)52(55)71)27-16-15-22-7-1-2-8-23(22)19-27/h1-21H. The number of hydrogen-bond donors (Lipinski definition) is 0. The molecule has 11 aromatic rings. The second-order valence-electron chi connectivity index (χ2n) is 18.3. The van der Waals surface area contributed by atoms with Crippen molar-refractivity contribution in [1.82, 2.24) is 0 Å². The number of anilines is 3. The first kappa shape index (κ1) is 49.6. The highest BCUT2D eigenvalue weighted by atomic mass is 16.3. The topological polar surface area (TPSA) is 16.4 Å². The number of furan rings is 1. The van der Waals surface area contributed by atoms with Crippen molar-refractivity contribution in [1.29, 1.82) is 0 Å². The molecule has 1 heterocycles. The van der Waals surface area contributed by atoms with Gasteiger partial charge in [-0.3, -0.25) is 0 Å². The lowest BCUT2D eigenvalue weighted by Crippen LogP contribution is -2.55. The molecule has 0 fully saturated rings. The van der Waals surface area contributed by atoms with Gasteiger partial charge in [0.15, 0.2) is 0 Å². The van der Waals surface area contributed by atoms with E-state index in [1.807, 2.05) is 127 Å². The zero-order valence-corrected chi connectivity index (χ0v) is 39.7. The van der Waals surface area contributed by atoms with Crippen LogP contribution in [0.4, 0.5) is 17.1 Å². The quantitative estimate of drug-likeness (QED) is 0.157. The first-order valence-electron chi connectivity index (χ1n) is 23.1. The highest BCUT2D eigenvalue weighted by molar-refractivity contribution is 6.73. The smallest absolute Gasteiger partial charge is 0.143 e. The fraction of sp³-hybridized carbons (Fsp3) is 0. The van der Waals surface area contributed by atoms with E-state index in [0.717, 1.165) is 43.8 Å². The Hall–Kier alpha value is -6.64. The Labute approximate surface area is 451 Å². The Bertz CT molecular complexity index is 4180. The molecular formula is C56H21B16NO. The maximum atomic E-state index is 7.25. The van der Waals surface area contributed by atoms with Crippen LogP contribution in [0.2, 0.25) is 0 Å². The molecule has 0 atom stereocenters. The molecule has 0 aliphatic heterocycles. The van der Waals surface area contributed by atoms with Crippen molar-refractivity contribution in [3.63, 3.8) is 0 Å². The van der Waals surface area contributed by atoms with Crippen LogP contribution < -0.4 is 92.3 Å². The van der Waals surface area contributed by atoms with Gasteiger partial charge in [-0.25, -0.2) is 0 Å². The summed E-state index contributed by atoms with van der Waals surface area (Å²) in [5, 5.41) is 4.06. The van der Waals surface area contributed by atoms with E-state index in [1.54, 1.807) is 4.90 Å². The molecule has 0 saturated heterocycles. The molecular weight excluding hydrogens is 876 g/mol. The van der Waals surface area contributed by atoms with Crippen LogP contribution >= 0.6 is 0 Å². The van der Waals surface area contributed by atoms with Crippen molar-refractivity contribution in [3.05, 3.63) is 127 Å². The van der Waals surface area contributed by atoms with Crippen LogP contribution in [0, 0.1) is 0 Å². The second kappa shape index (κ2) is 18.6. The molecule has 2 nitrogen and oxygen atoms in total. The van der Waals surface area contributed by atoms with Crippen molar-refractivity contribution in [2.24, 2.45) is 0 Å². The number of hydrogen-bond acceptors (Lipinski definition) is 2. The van der Waals surface area contributed by atoms with Crippen LogP contribution in [0.5, 0.6) is 0 Å². The third-order valence-electron chi connectivity index (χ3n) is 14.2. The second-order valence-corrected chi connectivity index (χ2v) is 18.3. The van der Waals surface area contributed by atoms with Crippen molar-refractivity contribution in [2.45, 2.75) is 0 Å². The molecule has 11 rings (SSSR count). The molecule has 74 heavy (non-hydrogen) atoms. The van der Waals surface area contributed by atoms with Gasteiger partial charge < -0.3 is 9.32 Å². The van der Waals surface area contributed by atoms with Gasteiger partial charge in [0.25, 0.3) is 0 Å². The van der Waals surface area contributed by atoms with E-state index in [-0.39, 0.29) is 110 Å². The molecule has 0 spiro atoms. The molecule has 0 unspecified atom stereocenters. The van der Waals surface area contributed by atoms with Gasteiger partial charge in [0, 0.05) is 33.4 Å². The maximum Gasteiger partial charge on any atom is 0.143 e. The lowest BCUT2D eigenvalue weighted by atomic mass is 9.59. The summed E-state index contributed by atoms with van der Waals surface area (Å²) in [7, 11) is 108. The molecule has 0 amide bonds. The summed E-state index contributed by atoms with van der Waals surface area (Å²) >= 11 is 0. The Morgan fingerprint density at radius 2 is 0.770 bits per heavy atom. The zero-order valence-electron chi connectivity index (χ0n) is 39.7. The number of benzene rings is 10. The number of para-hydroxylation sites is 1. The molecule has 32 radical (unpaired) electrons. The monoisotopic (exact) mass is 899 g/mol. The van der Waals surface area contributed by atoms with Crippen molar-refractivity contribution >= 4 is 273 Å². The maximum absolute atomic E-state index is 7.25. The van der Waals surface area contributed by atoms with Crippen LogP contribution in [-0.4, -0.2) is 126 Å². The number of rotatable bonds is 7. The molecule has 0 bridgehead atoms. The lowest BCUT2D eigenvalue weighted by molar-refractivity contribution is 0.670. The average Bonchev–Trinajstić information content (AvgIpc) is 3.82. The third-order valence-corrected chi connectivity index (χ3v) is 14.2. The molecule has 304 valence electrons. The van der Waals surface area contributed by atoms with E-state index in [0.29, 0.717) is 39.1 Å². The first-order chi connectivity index (χ1) is 35.4. The summed E-state index contributed by atoms with van der Waals surface area (Å²) < 4.78 is 6.76. The van der Waals surface area contributed by atoms with Gasteiger partial charge in [-0.15, -0.1) is 32.8 Å². The highest BCUT2D eigenvalue weighted by Crippen LogP contribution is 2.44. The van der Waals surface area contributed by atoms with Crippen molar-refractivity contribution < 1.29 is 4.42 Å². The molecule has 0 aliphatic carbocycles. The fourth-order valence-corrected chi connectivity index (χ4v) is 10.3. The van der Waals surface area contributed by atoms with Crippen molar-refractivity contribution in [2.75, 3.05) is 4.90 Å². The predicted molar refractivity (Wildman–Crippen MR) is 331 cm³/mol. The van der Waals surface area contributed by atoms with E-state index in [4.69, 9.17) is 130 Å². The highest BCUT2D eigenvalue weighted by Gasteiger charge is 2.28. The lowest BCUT2D eigenvalue weighted by Gasteiger charge is -2.37. The third kappa shape index (κ3) is 7.55. The number of fused-ring (bicyclic) bond motifs is 5. The summed E-state index contributed by atoms with van der Waals surface area (Å²) in [5.74, 6) is 0. The van der Waals surface area contributed by atoms with Crippen LogP contribution in [0.3, 0.4) is 0 Å². The molecule has 0 aliphatic rings. The van der Waals surface area contributed by atoms with Gasteiger partial charge in [-0.05, 0) is 96.9 Å². The van der Waals surface area contributed by atoms with Crippen molar-refractivity contribution in [3.8, 4) is 44.5 Å². The Morgan fingerprint density at radius 1 is 0.297 bits per heavy atom. The van der Waals surface area contributed by atoms with Crippen LogP contribution in [-0.2, 0) is 0 Å². The predicted octanol–water partition coefficient (Wildman–Crippen LogP) is -3.27. The number of nitrogens with zero attached hydrogens (tertiary/aromatic N) is 1. The molecule has 0 N–H and O–H groups in total. The molecule has 18 heteroatoms. The summed E-state index contributed by atoms with van der Waals surface area (Å²) in [6.07, 6.45) is 0. The van der Waals surface area contributed by atoms with Gasteiger partial charge in [-0.1, -0.05) is 146 Å². The fourth-order valence-electron chi connectivity index (χ4n) is 10.3. The SMILES string of the molecule is [B]c1c([B])c([B])c(-c2cccc(-c3ccc(-c4cccc(N(c5c([B])c([B])c(-c6ccc7ccccc7c6)c([B])c5[B])c5c([B])c([B])c([B])c6c([B])c([B])c([B])c([B])c56)c4)c4c3oc3ccccc34)c2)c([B])c1[B]. The summed E-state index contributed by atoms with van der Waals surface area (Å²) in [5.41, 5.74) is 8.72. The van der Waals surface area contributed by atoms with E-state index >= 15 is 0 Å². The molecule has 1 aromatic heterocycles. The summed E-state index contributed by atoms with van der Waals surface area (Å²) in [6.45, 7) is 0. The minimum atomic E-state index is -0.0188. The summed E-state index contributed by atoms with van der Waals surface area (Å²) in [4.78, 5) is 1.70. The minimum Gasteiger partial charge on any atom is -0.455 e. The Balaban J connectivity index is 1.17. The Morgan fingerprint density at radius 3 is 1.43 bits per heavy atom. The molecule has 10 aromatic carbocycles. The van der Waals surface area contributed by atoms with E-state index in [1.165, 1.54) is 0 Å². The molecule has 0 saturated carbocycles. The van der Waals surface area contributed by atoms with Gasteiger partial charge in [0.2, 0.25) is 0 Å². The van der Waals surface area contributed by atoms with Crippen LogP contribution in [0.1, 0.15) is 0 Å². The normalized spacial score (nSPS) is 11.6. The largest absolute Gasteiger partial charge is 0.455 e. The minimum absolute atomic E-state index is 0.00587. The van der Waals surface area contributed by atoms with Gasteiger partial charge in [-0.2, -0.15) is 0 Å². The van der Waals surface area contributed by atoms with Gasteiger partial charge >= 0.3 is 0 Å². The van der Waals surface area contributed by atoms with Crippen LogP contribution in [0.15, 0.2) is 132 Å². The van der Waals surface area contributed by atoms with Gasteiger partial charge in [0.05, 0.1) is 0 Å². The van der Waals surface area contributed by atoms with Crippen LogP contribution in [0.25, 0.3) is 88.0 Å². The van der Waals surface area contributed by atoms with Gasteiger partial charge in [0.1, 0.15) is 137 Å². The average molecular weight is 897 g/mol. The zero-order chi connectivity index (χ0) is 52.3. The van der Waals surface area contributed by atoms with E-state index < -0.39 is 0 Å². The first-order valence-corrected chi connectivity index (χ1v) is 23.1. The van der Waals surface area contributed by atoms with E-state index in [2.05, 4.69) is 0 Å². The Kier molecular flexibility index (Phi) is 12.5. The van der Waals surface area contributed by atoms with E-state index in [9.17, 15) is 0 Å².